The first-order valence-corrected chi connectivity index (χ1v) is 19.2. The van der Waals surface area contributed by atoms with E-state index in [0.29, 0.717) is 50.4 Å². The van der Waals surface area contributed by atoms with Gasteiger partial charge in [-0.3, -0.25) is 4.79 Å². The van der Waals surface area contributed by atoms with Crippen molar-refractivity contribution in [1.29, 1.82) is 0 Å². The van der Waals surface area contributed by atoms with Crippen LogP contribution < -0.4 is 25.4 Å². The number of aliphatic hydroxyl groups is 2. The number of sulfonamides is 2. The third-order valence-electron chi connectivity index (χ3n) is 9.36. The fraction of sp³-hybridized carbons (Fsp3) is 0.441. The molecular weight excluding hydrogens is 687 g/mol. The lowest BCUT2D eigenvalue weighted by atomic mass is 9.88. The maximum absolute atomic E-state index is 13.7. The van der Waals surface area contributed by atoms with Crippen molar-refractivity contribution in [3.8, 4) is 16.9 Å². The van der Waals surface area contributed by atoms with Gasteiger partial charge in [0.1, 0.15) is 24.5 Å². The molecule has 1 spiro atoms. The minimum absolute atomic E-state index is 0.0231. The third-order valence-corrected chi connectivity index (χ3v) is 12.7. The van der Waals surface area contributed by atoms with Crippen molar-refractivity contribution in [2.24, 2.45) is 5.73 Å². The molecule has 14 nitrogen and oxygen atoms in total. The molecule has 0 saturated carbocycles. The molecule has 3 aromatic rings. The normalized spacial score (nSPS) is 19.2. The molecule has 0 radical (unpaired) electrons. The molecule has 2 heterocycles. The highest BCUT2D eigenvalue weighted by molar-refractivity contribution is 7.89. The summed E-state index contributed by atoms with van der Waals surface area (Å²) in [6.45, 7) is 0.849. The standard InChI is InChI=1S/C34H45N5O9S2/c1-36-49(43,44)30-7-4-6-29(18-30)47-23-28(41)20-37-26-19-34(48-22-26)13-15-39(16-14-34)50(45,46)31-8-3-5-25(17-31)24-9-11-27(12-10-24)38(2)32(21-40)33(35)42/h3-12,17-18,26,28,32,36-37,40-41H,13-16,19-23H2,1-2H3,(H2,35,42)/t26?,28-,32-/m0/s1. The van der Waals surface area contributed by atoms with E-state index in [2.05, 4.69) is 10.0 Å². The van der Waals surface area contributed by atoms with Crippen LogP contribution in [0.5, 0.6) is 5.75 Å². The maximum atomic E-state index is 13.7. The summed E-state index contributed by atoms with van der Waals surface area (Å²) in [7, 11) is -4.39. The summed E-state index contributed by atoms with van der Waals surface area (Å²) in [5, 5.41) is 23.3. The van der Waals surface area contributed by atoms with Gasteiger partial charge in [-0.2, -0.15) is 4.31 Å². The monoisotopic (exact) mass is 731 g/mol. The van der Waals surface area contributed by atoms with Gasteiger partial charge in [0.2, 0.25) is 26.0 Å². The summed E-state index contributed by atoms with van der Waals surface area (Å²) in [6, 6.07) is 19.2. The number of hydrogen-bond donors (Lipinski definition) is 5. The van der Waals surface area contributed by atoms with E-state index in [9.17, 15) is 31.8 Å². The molecule has 2 aliphatic heterocycles. The number of anilines is 1. The average molecular weight is 732 g/mol. The van der Waals surface area contributed by atoms with E-state index in [1.807, 2.05) is 18.2 Å². The van der Waals surface area contributed by atoms with Crippen LogP contribution >= 0.6 is 0 Å². The molecule has 1 amide bonds. The van der Waals surface area contributed by atoms with Crippen molar-refractivity contribution in [3.63, 3.8) is 0 Å². The number of amides is 1. The quantitative estimate of drug-likeness (QED) is 0.149. The molecule has 272 valence electrons. The van der Waals surface area contributed by atoms with Gasteiger partial charge >= 0.3 is 0 Å². The van der Waals surface area contributed by atoms with Gasteiger partial charge in [0.05, 0.1) is 28.6 Å². The van der Waals surface area contributed by atoms with Crippen LogP contribution in [0.1, 0.15) is 19.3 Å². The Morgan fingerprint density at radius 3 is 2.38 bits per heavy atom. The summed E-state index contributed by atoms with van der Waals surface area (Å²) < 4.78 is 67.1. The van der Waals surface area contributed by atoms with Gasteiger partial charge in [-0.05, 0) is 73.8 Å². The highest BCUT2D eigenvalue weighted by atomic mass is 32.2. The van der Waals surface area contributed by atoms with Crippen LogP contribution in [0.3, 0.4) is 0 Å². The van der Waals surface area contributed by atoms with Gasteiger partial charge in [-0.25, -0.2) is 21.6 Å². The van der Waals surface area contributed by atoms with E-state index in [-0.39, 0.29) is 29.0 Å². The van der Waals surface area contributed by atoms with Crippen molar-refractivity contribution in [3.05, 3.63) is 72.8 Å². The Kier molecular flexibility index (Phi) is 11.8. The van der Waals surface area contributed by atoms with Crippen LogP contribution in [0.4, 0.5) is 5.69 Å². The van der Waals surface area contributed by atoms with E-state index in [0.717, 1.165) is 11.1 Å². The number of piperidine rings is 1. The summed E-state index contributed by atoms with van der Waals surface area (Å²) in [5.74, 6) is -0.309. The predicted molar refractivity (Wildman–Crippen MR) is 188 cm³/mol. The smallest absolute Gasteiger partial charge is 0.243 e. The Labute approximate surface area is 293 Å². The van der Waals surface area contributed by atoms with Crippen molar-refractivity contribution in [2.45, 2.75) is 52.8 Å². The fourth-order valence-electron chi connectivity index (χ4n) is 6.32. The number of aliphatic hydroxyl groups excluding tert-OH is 2. The highest BCUT2D eigenvalue weighted by Crippen LogP contribution is 2.38. The Hall–Kier alpha value is -3.61. The van der Waals surface area contributed by atoms with Crippen molar-refractivity contribution >= 4 is 31.6 Å². The second-order valence-electron chi connectivity index (χ2n) is 12.6. The van der Waals surface area contributed by atoms with Crippen LogP contribution in [0.2, 0.25) is 0 Å². The third kappa shape index (κ3) is 8.63. The Bertz CT molecular complexity index is 1850. The molecule has 0 aromatic heterocycles. The zero-order valence-electron chi connectivity index (χ0n) is 28.1. The van der Waals surface area contributed by atoms with E-state index < -0.39 is 50.3 Å². The minimum Gasteiger partial charge on any atom is -0.491 e. The number of carbonyl (C=O) groups is 1. The van der Waals surface area contributed by atoms with Crippen LogP contribution in [0.25, 0.3) is 11.1 Å². The molecule has 3 aromatic carbocycles. The SMILES string of the molecule is CNS(=O)(=O)c1cccc(OC[C@@H](O)CNC2COC3(CCN(S(=O)(=O)c4cccc(-c5ccc(N(C)[C@@H](CO)C(N)=O)cc5)c4)CC3)C2)c1. The second kappa shape index (κ2) is 15.7. The minimum atomic E-state index is -3.77. The number of nitrogens with zero attached hydrogens (tertiary/aromatic N) is 2. The number of ether oxygens (including phenoxy) is 2. The van der Waals surface area contributed by atoms with E-state index in [4.69, 9.17) is 15.2 Å². The molecular formula is C34H45N5O9S2. The van der Waals surface area contributed by atoms with Crippen LogP contribution in [-0.2, 0) is 29.6 Å². The van der Waals surface area contributed by atoms with Crippen LogP contribution in [-0.4, -0.2) is 115 Å². The lowest BCUT2D eigenvalue weighted by molar-refractivity contribution is -0.120. The molecule has 0 aliphatic carbocycles. The highest BCUT2D eigenvalue weighted by Gasteiger charge is 2.44. The maximum Gasteiger partial charge on any atom is 0.243 e. The van der Waals surface area contributed by atoms with Gasteiger partial charge in [0, 0.05) is 44.5 Å². The number of rotatable bonds is 15. The molecule has 16 heteroatoms. The first-order valence-electron chi connectivity index (χ1n) is 16.3. The number of nitrogens with two attached hydrogens (primary N) is 1. The molecule has 2 saturated heterocycles. The zero-order valence-corrected chi connectivity index (χ0v) is 29.7. The van der Waals surface area contributed by atoms with E-state index in [1.165, 1.54) is 23.5 Å². The van der Waals surface area contributed by atoms with Gasteiger partial charge in [-0.1, -0.05) is 30.3 Å². The van der Waals surface area contributed by atoms with Crippen LogP contribution in [0.15, 0.2) is 82.6 Å². The molecule has 50 heavy (non-hydrogen) atoms. The number of likely N-dealkylation sites (N-methyl/N-ethyl adjacent to an activating group) is 1. The molecule has 6 N–H and O–H groups in total. The summed E-state index contributed by atoms with van der Waals surface area (Å²) in [4.78, 5) is 13.5. The Morgan fingerprint density at radius 1 is 1.04 bits per heavy atom. The molecule has 1 unspecified atom stereocenters. The number of benzene rings is 3. The number of hydrogen-bond acceptors (Lipinski definition) is 11. The van der Waals surface area contributed by atoms with Crippen molar-refractivity contribution < 1.29 is 41.3 Å². The largest absolute Gasteiger partial charge is 0.491 e. The first-order chi connectivity index (χ1) is 23.8. The van der Waals surface area contributed by atoms with Gasteiger partial charge in [-0.15, -0.1) is 0 Å². The van der Waals surface area contributed by atoms with Crippen LogP contribution in [0, 0.1) is 0 Å². The van der Waals surface area contributed by atoms with E-state index in [1.54, 1.807) is 54.4 Å². The van der Waals surface area contributed by atoms with Crippen molar-refractivity contribution in [1.82, 2.24) is 14.3 Å². The zero-order chi connectivity index (χ0) is 36.1. The van der Waals surface area contributed by atoms with Gasteiger partial charge in [0.15, 0.2) is 0 Å². The number of carbonyl (C=O) groups excluding carboxylic acids is 1. The van der Waals surface area contributed by atoms with Crippen molar-refractivity contribution in [2.75, 3.05) is 58.5 Å². The summed E-state index contributed by atoms with van der Waals surface area (Å²) in [5.41, 5.74) is 7.13. The Balaban J connectivity index is 1.12. The first kappa shape index (κ1) is 37.6. The lowest BCUT2D eigenvalue weighted by Gasteiger charge is -2.38. The summed E-state index contributed by atoms with van der Waals surface area (Å²) >= 11 is 0. The fourth-order valence-corrected chi connectivity index (χ4v) is 8.57. The lowest BCUT2D eigenvalue weighted by Crippen LogP contribution is -2.47. The molecule has 3 atom stereocenters. The number of primary amides is 1. The predicted octanol–water partition coefficient (Wildman–Crippen LogP) is 0.886. The molecule has 2 fully saturated rings. The van der Waals surface area contributed by atoms with E-state index >= 15 is 0 Å². The van der Waals surface area contributed by atoms with Gasteiger partial charge in [0.25, 0.3) is 0 Å². The number of nitrogens with one attached hydrogen (secondary N) is 2. The molecule has 0 bridgehead atoms. The second-order valence-corrected chi connectivity index (χ2v) is 16.5. The molecule has 2 aliphatic rings. The average Bonchev–Trinajstić information content (AvgIpc) is 3.52. The topological polar surface area (TPSA) is 201 Å². The Morgan fingerprint density at radius 2 is 1.72 bits per heavy atom. The summed E-state index contributed by atoms with van der Waals surface area (Å²) in [6.07, 6.45) is 0.906. The van der Waals surface area contributed by atoms with Gasteiger partial charge < -0.3 is 35.6 Å². The molecule has 5 rings (SSSR count).